The average molecular weight is 281 g/mol. The Balaban J connectivity index is 2.27. The van der Waals surface area contributed by atoms with Gasteiger partial charge in [0.05, 0.1) is 0 Å². The van der Waals surface area contributed by atoms with Crippen molar-refractivity contribution in [1.82, 2.24) is 9.55 Å². The summed E-state index contributed by atoms with van der Waals surface area (Å²) >= 11 is 0. The van der Waals surface area contributed by atoms with Crippen LogP contribution in [0.4, 0.5) is 5.82 Å². The standard InChI is InChI=1S/C14H23N3O3/c1-2-10-17-11-9-16-13(14(17)20)15-8-6-4-3-5-7-12(18)19/h9,11H,2-8,10H2,1H3,(H,15,16)(H,18,19). The molecule has 0 aromatic carbocycles. The maximum absolute atomic E-state index is 12.0. The Bertz CT molecular complexity index is 471. The lowest BCUT2D eigenvalue weighted by Crippen LogP contribution is -2.24. The van der Waals surface area contributed by atoms with Gasteiger partial charge in [0.1, 0.15) is 0 Å². The van der Waals surface area contributed by atoms with Gasteiger partial charge in [0.25, 0.3) is 5.56 Å². The van der Waals surface area contributed by atoms with E-state index >= 15 is 0 Å². The van der Waals surface area contributed by atoms with Crippen molar-refractivity contribution in [2.75, 3.05) is 11.9 Å². The summed E-state index contributed by atoms with van der Waals surface area (Å²) in [6, 6.07) is 0. The molecule has 6 heteroatoms. The van der Waals surface area contributed by atoms with Crippen LogP contribution in [0.5, 0.6) is 0 Å². The number of unbranched alkanes of at least 4 members (excludes halogenated alkanes) is 3. The zero-order valence-corrected chi connectivity index (χ0v) is 12.0. The van der Waals surface area contributed by atoms with E-state index in [0.717, 1.165) is 25.7 Å². The monoisotopic (exact) mass is 281 g/mol. The fourth-order valence-electron chi connectivity index (χ4n) is 1.95. The molecule has 20 heavy (non-hydrogen) atoms. The lowest BCUT2D eigenvalue weighted by Gasteiger charge is -2.08. The summed E-state index contributed by atoms with van der Waals surface area (Å²) in [4.78, 5) is 26.4. The summed E-state index contributed by atoms with van der Waals surface area (Å²) in [7, 11) is 0. The molecule has 0 aliphatic carbocycles. The number of carboxylic acids is 1. The first-order chi connectivity index (χ1) is 9.65. The van der Waals surface area contributed by atoms with Gasteiger partial charge in [0.15, 0.2) is 5.82 Å². The van der Waals surface area contributed by atoms with Crippen molar-refractivity contribution in [2.24, 2.45) is 0 Å². The Kier molecular flexibility index (Phi) is 7.39. The lowest BCUT2D eigenvalue weighted by atomic mass is 10.1. The molecule has 112 valence electrons. The number of aromatic nitrogens is 2. The SMILES string of the molecule is CCCn1ccnc(NCCCCCCC(=O)O)c1=O. The van der Waals surface area contributed by atoms with E-state index in [4.69, 9.17) is 5.11 Å². The molecule has 0 aliphatic heterocycles. The van der Waals surface area contributed by atoms with Crippen molar-refractivity contribution in [3.05, 3.63) is 22.7 Å². The molecule has 1 heterocycles. The van der Waals surface area contributed by atoms with Gasteiger partial charge >= 0.3 is 5.97 Å². The summed E-state index contributed by atoms with van der Waals surface area (Å²) in [6.07, 6.45) is 7.94. The van der Waals surface area contributed by atoms with Crippen molar-refractivity contribution in [2.45, 2.75) is 52.0 Å². The molecular formula is C14H23N3O3. The van der Waals surface area contributed by atoms with Crippen LogP contribution in [-0.4, -0.2) is 27.2 Å². The highest BCUT2D eigenvalue weighted by molar-refractivity contribution is 5.66. The molecule has 1 rings (SSSR count). The highest BCUT2D eigenvalue weighted by Gasteiger charge is 2.03. The van der Waals surface area contributed by atoms with E-state index in [9.17, 15) is 9.59 Å². The van der Waals surface area contributed by atoms with E-state index < -0.39 is 5.97 Å². The van der Waals surface area contributed by atoms with Gasteiger partial charge in [-0.25, -0.2) is 4.98 Å². The maximum atomic E-state index is 12.0. The number of carboxylic acid groups (broad SMARTS) is 1. The molecule has 0 saturated carbocycles. The van der Waals surface area contributed by atoms with E-state index in [1.807, 2.05) is 6.92 Å². The predicted octanol–water partition coefficient (Wildman–Crippen LogP) is 2.10. The molecule has 0 radical (unpaired) electrons. The van der Waals surface area contributed by atoms with E-state index in [2.05, 4.69) is 10.3 Å². The molecule has 1 aromatic rings. The van der Waals surface area contributed by atoms with Gasteiger partial charge in [-0.1, -0.05) is 19.8 Å². The molecule has 0 spiro atoms. The van der Waals surface area contributed by atoms with Crippen molar-refractivity contribution < 1.29 is 9.90 Å². The van der Waals surface area contributed by atoms with Gasteiger partial charge in [0, 0.05) is 31.9 Å². The third kappa shape index (κ3) is 5.86. The summed E-state index contributed by atoms with van der Waals surface area (Å²) in [5.74, 6) is -0.348. The smallest absolute Gasteiger partial charge is 0.303 e. The molecule has 0 unspecified atom stereocenters. The van der Waals surface area contributed by atoms with Crippen molar-refractivity contribution in [3.63, 3.8) is 0 Å². The molecule has 0 bridgehead atoms. The van der Waals surface area contributed by atoms with Crippen LogP contribution in [0.3, 0.4) is 0 Å². The number of carbonyl (C=O) groups is 1. The number of hydrogen-bond donors (Lipinski definition) is 2. The Hall–Kier alpha value is -1.85. The number of nitrogens with zero attached hydrogens (tertiary/aromatic N) is 2. The number of rotatable bonds is 10. The van der Waals surface area contributed by atoms with Crippen LogP contribution >= 0.6 is 0 Å². The first kappa shape index (κ1) is 16.2. The van der Waals surface area contributed by atoms with E-state index in [0.29, 0.717) is 25.3 Å². The molecule has 0 fully saturated rings. The second-order valence-electron chi connectivity index (χ2n) is 4.76. The highest BCUT2D eigenvalue weighted by atomic mass is 16.4. The summed E-state index contributed by atoms with van der Waals surface area (Å²) in [6.45, 7) is 3.41. The number of nitrogens with one attached hydrogen (secondary N) is 1. The fourth-order valence-corrected chi connectivity index (χ4v) is 1.95. The van der Waals surface area contributed by atoms with Gasteiger partial charge in [-0.05, 0) is 19.3 Å². The van der Waals surface area contributed by atoms with E-state index in [1.54, 1.807) is 17.0 Å². The van der Waals surface area contributed by atoms with Gasteiger partial charge in [-0.15, -0.1) is 0 Å². The predicted molar refractivity (Wildman–Crippen MR) is 78.0 cm³/mol. The van der Waals surface area contributed by atoms with Crippen molar-refractivity contribution in [3.8, 4) is 0 Å². The van der Waals surface area contributed by atoms with Crippen molar-refractivity contribution in [1.29, 1.82) is 0 Å². The van der Waals surface area contributed by atoms with Gasteiger partial charge in [-0.2, -0.15) is 0 Å². The molecule has 0 saturated heterocycles. The maximum Gasteiger partial charge on any atom is 0.303 e. The van der Waals surface area contributed by atoms with Crippen molar-refractivity contribution >= 4 is 11.8 Å². The van der Waals surface area contributed by atoms with E-state index in [-0.39, 0.29) is 12.0 Å². The van der Waals surface area contributed by atoms with Gasteiger partial charge in [0.2, 0.25) is 0 Å². The Morgan fingerprint density at radius 1 is 1.35 bits per heavy atom. The van der Waals surface area contributed by atoms with Crippen LogP contribution in [-0.2, 0) is 11.3 Å². The quantitative estimate of drug-likeness (QED) is 0.642. The summed E-state index contributed by atoms with van der Waals surface area (Å²) in [5, 5.41) is 11.6. The summed E-state index contributed by atoms with van der Waals surface area (Å²) < 4.78 is 1.65. The molecule has 0 aliphatic rings. The summed E-state index contributed by atoms with van der Waals surface area (Å²) in [5.41, 5.74) is -0.0831. The third-order valence-corrected chi connectivity index (χ3v) is 2.99. The molecule has 2 N–H and O–H groups in total. The Labute approximate surface area is 118 Å². The topological polar surface area (TPSA) is 84.2 Å². The molecule has 1 aromatic heterocycles. The zero-order valence-electron chi connectivity index (χ0n) is 12.0. The van der Waals surface area contributed by atoms with E-state index in [1.165, 1.54) is 0 Å². The number of aliphatic carboxylic acids is 1. The minimum Gasteiger partial charge on any atom is -0.481 e. The molecular weight excluding hydrogens is 258 g/mol. The van der Waals surface area contributed by atoms with Crippen LogP contribution in [0.2, 0.25) is 0 Å². The van der Waals surface area contributed by atoms with Crippen LogP contribution in [0, 0.1) is 0 Å². The Morgan fingerprint density at radius 2 is 2.10 bits per heavy atom. The molecule has 6 nitrogen and oxygen atoms in total. The first-order valence-corrected chi connectivity index (χ1v) is 7.16. The van der Waals surface area contributed by atoms with Crippen LogP contribution < -0.4 is 10.9 Å². The lowest BCUT2D eigenvalue weighted by molar-refractivity contribution is -0.137. The van der Waals surface area contributed by atoms with Gasteiger partial charge < -0.3 is 15.0 Å². The third-order valence-electron chi connectivity index (χ3n) is 2.99. The number of hydrogen-bond acceptors (Lipinski definition) is 4. The zero-order chi connectivity index (χ0) is 14.8. The first-order valence-electron chi connectivity index (χ1n) is 7.16. The second-order valence-corrected chi connectivity index (χ2v) is 4.76. The highest BCUT2D eigenvalue weighted by Crippen LogP contribution is 2.03. The van der Waals surface area contributed by atoms with Crippen LogP contribution in [0.1, 0.15) is 45.4 Å². The fraction of sp³-hybridized carbons (Fsp3) is 0.643. The van der Waals surface area contributed by atoms with Crippen LogP contribution in [0.25, 0.3) is 0 Å². The normalized spacial score (nSPS) is 10.4. The number of anilines is 1. The molecule has 0 amide bonds. The minimum atomic E-state index is -0.743. The van der Waals surface area contributed by atoms with Gasteiger partial charge in [-0.3, -0.25) is 9.59 Å². The second kappa shape index (κ2) is 9.12. The Morgan fingerprint density at radius 3 is 2.80 bits per heavy atom. The van der Waals surface area contributed by atoms with Crippen LogP contribution in [0.15, 0.2) is 17.2 Å². The average Bonchev–Trinajstić information content (AvgIpc) is 2.41. The minimum absolute atomic E-state index is 0.0831. The molecule has 0 atom stereocenters. The largest absolute Gasteiger partial charge is 0.481 e. The number of aryl methyl sites for hydroxylation is 1.